The van der Waals surface area contributed by atoms with Crippen LogP contribution >= 0.6 is 0 Å². The predicted molar refractivity (Wildman–Crippen MR) is 69.7 cm³/mol. The molecular formula is C13H20N2O4. The molecule has 0 spiro atoms. The second-order valence-corrected chi connectivity index (χ2v) is 4.25. The summed E-state index contributed by atoms with van der Waals surface area (Å²) in [5, 5.41) is 13.9. The van der Waals surface area contributed by atoms with E-state index in [0.29, 0.717) is 25.3 Å². The summed E-state index contributed by atoms with van der Waals surface area (Å²) >= 11 is 0. The van der Waals surface area contributed by atoms with Crippen molar-refractivity contribution in [2.45, 2.75) is 38.6 Å². The van der Waals surface area contributed by atoms with Crippen LogP contribution in [0.15, 0.2) is 22.8 Å². The molecule has 6 nitrogen and oxygen atoms in total. The van der Waals surface area contributed by atoms with E-state index in [0.717, 1.165) is 19.3 Å². The van der Waals surface area contributed by atoms with Crippen LogP contribution in [0.5, 0.6) is 0 Å². The molecule has 0 aliphatic carbocycles. The zero-order chi connectivity index (χ0) is 13.9. The minimum absolute atomic E-state index is 0.219. The topological polar surface area (TPSA) is 91.6 Å². The highest BCUT2D eigenvalue weighted by molar-refractivity contribution is 5.73. The van der Waals surface area contributed by atoms with Crippen LogP contribution in [0.2, 0.25) is 0 Å². The summed E-state index contributed by atoms with van der Waals surface area (Å²) in [5.41, 5.74) is 0. The number of carboxylic acid groups (broad SMARTS) is 1. The first-order valence-electron chi connectivity index (χ1n) is 6.44. The van der Waals surface area contributed by atoms with Gasteiger partial charge in [-0.05, 0) is 25.0 Å². The normalized spacial score (nSPS) is 10.1. The number of furan rings is 1. The van der Waals surface area contributed by atoms with Crippen molar-refractivity contribution in [3.8, 4) is 0 Å². The maximum atomic E-state index is 11.4. The molecule has 0 aliphatic heterocycles. The van der Waals surface area contributed by atoms with Crippen LogP contribution in [0.3, 0.4) is 0 Å². The molecule has 0 atom stereocenters. The average molecular weight is 268 g/mol. The van der Waals surface area contributed by atoms with Gasteiger partial charge in [0.15, 0.2) is 0 Å². The summed E-state index contributed by atoms with van der Waals surface area (Å²) in [6.45, 7) is 0.967. The SMILES string of the molecule is O=C(O)CCCCCCNC(=O)NCc1ccco1. The Morgan fingerprint density at radius 1 is 1.16 bits per heavy atom. The monoisotopic (exact) mass is 268 g/mol. The van der Waals surface area contributed by atoms with Crippen molar-refractivity contribution in [1.29, 1.82) is 0 Å². The fourth-order valence-corrected chi connectivity index (χ4v) is 1.60. The van der Waals surface area contributed by atoms with E-state index < -0.39 is 5.97 Å². The fraction of sp³-hybridized carbons (Fsp3) is 0.538. The Morgan fingerprint density at radius 3 is 2.63 bits per heavy atom. The number of aliphatic carboxylic acids is 1. The van der Waals surface area contributed by atoms with Gasteiger partial charge in [0.2, 0.25) is 0 Å². The van der Waals surface area contributed by atoms with Gasteiger partial charge in [0.1, 0.15) is 5.76 Å². The quantitative estimate of drug-likeness (QED) is 0.598. The van der Waals surface area contributed by atoms with Gasteiger partial charge in [-0.25, -0.2) is 4.79 Å². The zero-order valence-corrected chi connectivity index (χ0v) is 10.9. The van der Waals surface area contributed by atoms with Gasteiger partial charge in [-0.1, -0.05) is 12.8 Å². The average Bonchev–Trinajstić information content (AvgIpc) is 2.88. The summed E-state index contributed by atoms with van der Waals surface area (Å²) in [6, 6.07) is 3.34. The van der Waals surface area contributed by atoms with E-state index in [4.69, 9.17) is 9.52 Å². The maximum absolute atomic E-state index is 11.4. The van der Waals surface area contributed by atoms with Crippen LogP contribution < -0.4 is 10.6 Å². The molecule has 1 aromatic heterocycles. The first-order valence-corrected chi connectivity index (χ1v) is 6.44. The van der Waals surface area contributed by atoms with E-state index >= 15 is 0 Å². The lowest BCUT2D eigenvalue weighted by Crippen LogP contribution is -2.35. The molecule has 0 saturated carbocycles. The summed E-state index contributed by atoms with van der Waals surface area (Å²) in [6.07, 6.45) is 5.13. The second kappa shape index (κ2) is 9.02. The van der Waals surface area contributed by atoms with Crippen molar-refractivity contribution < 1.29 is 19.1 Å². The first-order chi connectivity index (χ1) is 9.18. The molecule has 0 aliphatic rings. The molecule has 0 aromatic carbocycles. The van der Waals surface area contributed by atoms with Crippen LogP contribution in [0.4, 0.5) is 4.79 Å². The number of amides is 2. The van der Waals surface area contributed by atoms with Crippen molar-refractivity contribution in [1.82, 2.24) is 10.6 Å². The van der Waals surface area contributed by atoms with E-state index in [1.807, 2.05) is 0 Å². The fourth-order valence-electron chi connectivity index (χ4n) is 1.60. The Labute approximate surface area is 112 Å². The van der Waals surface area contributed by atoms with Crippen molar-refractivity contribution in [3.05, 3.63) is 24.2 Å². The number of hydrogen-bond acceptors (Lipinski definition) is 3. The first kappa shape index (κ1) is 15.1. The van der Waals surface area contributed by atoms with E-state index in [2.05, 4.69) is 10.6 Å². The zero-order valence-electron chi connectivity index (χ0n) is 10.9. The number of carboxylic acids is 1. The van der Waals surface area contributed by atoms with Crippen LogP contribution in [-0.2, 0) is 11.3 Å². The molecule has 3 N–H and O–H groups in total. The van der Waals surface area contributed by atoms with Gasteiger partial charge in [-0.2, -0.15) is 0 Å². The number of carbonyl (C=O) groups excluding carboxylic acids is 1. The Morgan fingerprint density at radius 2 is 1.95 bits per heavy atom. The third-order valence-electron chi connectivity index (χ3n) is 2.61. The highest BCUT2D eigenvalue weighted by atomic mass is 16.4. The van der Waals surface area contributed by atoms with Crippen LogP contribution in [0, 0.1) is 0 Å². The van der Waals surface area contributed by atoms with Gasteiger partial charge >= 0.3 is 12.0 Å². The van der Waals surface area contributed by atoms with Gasteiger partial charge in [-0.15, -0.1) is 0 Å². The lowest BCUT2D eigenvalue weighted by molar-refractivity contribution is -0.137. The minimum Gasteiger partial charge on any atom is -0.481 e. The van der Waals surface area contributed by atoms with Gasteiger partial charge in [0.25, 0.3) is 0 Å². The summed E-state index contributed by atoms with van der Waals surface area (Å²) in [7, 11) is 0. The Balaban J connectivity index is 1.91. The third-order valence-corrected chi connectivity index (χ3v) is 2.61. The Kier molecular flexibility index (Phi) is 7.16. The molecule has 1 heterocycles. The molecule has 0 fully saturated rings. The molecule has 1 aromatic rings. The van der Waals surface area contributed by atoms with Gasteiger partial charge in [-0.3, -0.25) is 4.79 Å². The largest absolute Gasteiger partial charge is 0.481 e. The van der Waals surface area contributed by atoms with Gasteiger partial charge in [0, 0.05) is 13.0 Å². The Hall–Kier alpha value is -1.98. The lowest BCUT2D eigenvalue weighted by Gasteiger charge is -2.06. The van der Waals surface area contributed by atoms with E-state index in [-0.39, 0.29) is 12.5 Å². The molecule has 1 rings (SSSR count). The van der Waals surface area contributed by atoms with Gasteiger partial charge < -0.3 is 20.2 Å². The second-order valence-electron chi connectivity index (χ2n) is 4.25. The molecule has 0 saturated heterocycles. The number of nitrogens with one attached hydrogen (secondary N) is 2. The standard InChI is InChI=1S/C13H20N2O4/c16-12(17)7-3-1-2-4-8-14-13(18)15-10-11-6-5-9-19-11/h5-6,9H,1-4,7-8,10H2,(H,16,17)(H2,14,15,18). The number of hydrogen-bond donors (Lipinski definition) is 3. The van der Waals surface area contributed by atoms with Crippen LogP contribution in [0.1, 0.15) is 37.9 Å². The molecule has 2 amide bonds. The van der Waals surface area contributed by atoms with E-state index in [1.54, 1.807) is 18.4 Å². The predicted octanol–water partition coefficient (Wildman–Crippen LogP) is 2.11. The third kappa shape index (κ3) is 7.86. The van der Waals surface area contributed by atoms with Crippen LogP contribution in [0.25, 0.3) is 0 Å². The molecule has 0 unspecified atom stereocenters. The van der Waals surface area contributed by atoms with E-state index in [1.165, 1.54) is 0 Å². The van der Waals surface area contributed by atoms with E-state index in [9.17, 15) is 9.59 Å². The molecular weight excluding hydrogens is 248 g/mol. The molecule has 6 heteroatoms. The van der Waals surface area contributed by atoms with Crippen molar-refractivity contribution in [2.75, 3.05) is 6.54 Å². The highest BCUT2D eigenvalue weighted by Gasteiger charge is 2.01. The molecule has 106 valence electrons. The number of unbranched alkanes of at least 4 members (excludes halogenated alkanes) is 3. The summed E-state index contributed by atoms with van der Waals surface area (Å²) in [4.78, 5) is 21.6. The molecule has 0 radical (unpaired) electrons. The number of carbonyl (C=O) groups is 2. The Bertz CT molecular complexity index is 376. The number of rotatable bonds is 9. The smallest absolute Gasteiger partial charge is 0.315 e. The van der Waals surface area contributed by atoms with Crippen molar-refractivity contribution in [2.24, 2.45) is 0 Å². The minimum atomic E-state index is -0.754. The highest BCUT2D eigenvalue weighted by Crippen LogP contribution is 2.02. The van der Waals surface area contributed by atoms with Crippen molar-refractivity contribution in [3.63, 3.8) is 0 Å². The molecule has 19 heavy (non-hydrogen) atoms. The molecule has 0 bridgehead atoms. The van der Waals surface area contributed by atoms with Crippen LogP contribution in [-0.4, -0.2) is 23.7 Å². The number of urea groups is 1. The van der Waals surface area contributed by atoms with Crippen molar-refractivity contribution >= 4 is 12.0 Å². The lowest BCUT2D eigenvalue weighted by atomic mass is 10.1. The maximum Gasteiger partial charge on any atom is 0.315 e. The summed E-state index contributed by atoms with van der Waals surface area (Å²) in [5.74, 6) is -0.0424. The van der Waals surface area contributed by atoms with Gasteiger partial charge in [0.05, 0.1) is 12.8 Å². The summed E-state index contributed by atoms with van der Waals surface area (Å²) < 4.78 is 5.08.